The molecule has 1 aliphatic rings. The average Bonchev–Trinajstić information content (AvgIpc) is 2.47. The van der Waals surface area contributed by atoms with Crippen LogP contribution in [0.25, 0.3) is 0 Å². The molecule has 2 N–H and O–H groups in total. The number of hydrogen-bond acceptors (Lipinski definition) is 2. The summed E-state index contributed by atoms with van der Waals surface area (Å²) in [7, 11) is 0. The molecule has 1 aliphatic carbocycles. The van der Waals surface area contributed by atoms with E-state index in [2.05, 4.69) is 16.7 Å². The molecule has 2 rings (SSSR count). The first-order valence-corrected chi connectivity index (χ1v) is 7.50. The van der Waals surface area contributed by atoms with Gasteiger partial charge in [0.2, 0.25) is 5.91 Å². The lowest BCUT2D eigenvalue weighted by Crippen LogP contribution is -2.29. The minimum atomic E-state index is 0.0249. The van der Waals surface area contributed by atoms with Crippen LogP contribution in [0.5, 0.6) is 0 Å². The summed E-state index contributed by atoms with van der Waals surface area (Å²) in [6.07, 6.45) is 8.53. The fraction of sp³-hybridized carbons (Fsp3) is 0.471. The number of aryl methyl sites for hydroxylation is 1. The van der Waals surface area contributed by atoms with Crippen molar-refractivity contribution >= 4 is 11.6 Å². The first-order valence-electron chi connectivity index (χ1n) is 7.50. The molecule has 0 radical (unpaired) electrons. The minimum Gasteiger partial charge on any atom is -0.325 e. The quantitative estimate of drug-likeness (QED) is 0.615. The second-order valence-electron chi connectivity index (χ2n) is 5.40. The van der Waals surface area contributed by atoms with Gasteiger partial charge in [0.15, 0.2) is 0 Å². The summed E-state index contributed by atoms with van der Waals surface area (Å²) in [6.45, 7) is 3.26. The Morgan fingerprint density at radius 1 is 1.25 bits per heavy atom. The average molecular weight is 272 g/mol. The Morgan fingerprint density at radius 2 is 2.10 bits per heavy atom. The van der Waals surface area contributed by atoms with Crippen molar-refractivity contribution in [1.29, 1.82) is 0 Å². The maximum absolute atomic E-state index is 11.8. The van der Waals surface area contributed by atoms with Crippen LogP contribution in [-0.4, -0.2) is 19.0 Å². The Morgan fingerprint density at radius 3 is 2.85 bits per heavy atom. The summed E-state index contributed by atoms with van der Waals surface area (Å²) in [4.78, 5) is 11.8. The lowest BCUT2D eigenvalue weighted by atomic mass is 9.97. The van der Waals surface area contributed by atoms with Crippen molar-refractivity contribution in [2.45, 2.75) is 39.0 Å². The topological polar surface area (TPSA) is 41.1 Å². The monoisotopic (exact) mass is 272 g/mol. The number of hydrogen-bond donors (Lipinski definition) is 2. The number of benzene rings is 1. The maximum atomic E-state index is 11.8. The van der Waals surface area contributed by atoms with Crippen LogP contribution in [0.15, 0.2) is 35.9 Å². The molecule has 0 atom stereocenters. The second-order valence-corrected chi connectivity index (χ2v) is 5.40. The lowest BCUT2D eigenvalue weighted by Gasteiger charge is -2.13. The fourth-order valence-electron chi connectivity index (χ4n) is 2.49. The van der Waals surface area contributed by atoms with Gasteiger partial charge in [0.1, 0.15) is 0 Å². The van der Waals surface area contributed by atoms with Crippen molar-refractivity contribution in [2.24, 2.45) is 0 Å². The van der Waals surface area contributed by atoms with E-state index in [9.17, 15) is 4.79 Å². The van der Waals surface area contributed by atoms with Crippen LogP contribution in [-0.2, 0) is 4.79 Å². The Kier molecular flexibility index (Phi) is 5.81. The van der Waals surface area contributed by atoms with E-state index in [1.807, 2.05) is 31.2 Å². The van der Waals surface area contributed by atoms with E-state index in [0.717, 1.165) is 24.2 Å². The van der Waals surface area contributed by atoms with Crippen LogP contribution in [0, 0.1) is 6.92 Å². The van der Waals surface area contributed by atoms with Crippen LogP contribution in [0.3, 0.4) is 0 Å². The highest BCUT2D eigenvalue weighted by molar-refractivity contribution is 5.92. The molecule has 0 saturated carbocycles. The second kappa shape index (κ2) is 7.85. The fourth-order valence-corrected chi connectivity index (χ4v) is 2.49. The molecule has 1 amide bonds. The van der Waals surface area contributed by atoms with Gasteiger partial charge in [-0.1, -0.05) is 29.8 Å². The number of carbonyl (C=O) groups excluding carboxylic acids is 1. The highest BCUT2D eigenvalue weighted by Gasteiger charge is 2.05. The predicted octanol–water partition coefficient (Wildman–Crippen LogP) is 3.41. The largest absolute Gasteiger partial charge is 0.325 e. The Labute approximate surface area is 121 Å². The number of para-hydroxylation sites is 1. The smallest absolute Gasteiger partial charge is 0.238 e. The zero-order valence-electron chi connectivity index (χ0n) is 12.2. The molecule has 1 aromatic rings. The maximum Gasteiger partial charge on any atom is 0.238 e. The van der Waals surface area contributed by atoms with Gasteiger partial charge in [0.25, 0.3) is 0 Å². The number of nitrogens with one attached hydrogen (secondary N) is 2. The van der Waals surface area contributed by atoms with Gasteiger partial charge < -0.3 is 10.6 Å². The van der Waals surface area contributed by atoms with Crippen LogP contribution in [0.4, 0.5) is 5.69 Å². The molecule has 0 aliphatic heterocycles. The number of allylic oxidation sites excluding steroid dienone is 1. The molecule has 3 heteroatoms. The van der Waals surface area contributed by atoms with Gasteiger partial charge in [-0.2, -0.15) is 0 Å². The van der Waals surface area contributed by atoms with Crippen molar-refractivity contribution < 1.29 is 4.79 Å². The minimum absolute atomic E-state index is 0.0249. The van der Waals surface area contributed by atoms with Crippen molar-refractivity contribution in [3.63, 3.8) is 0 Å². The van der Waals surface area contributed by atoms with E-state index in [1.165, 1.54) is 25.7 Å². The molecule has 0 unspecified atom stereocenters. The van der Waals surface area contributed by atoms with Gasteiger partial charge >= 0.3 is 0 Å². The first-order chi connectivity index (χ1) is 9.75. The summed E-state index contributed by atoms with van der Waals surface area (Å²) < 4.78 is 0. The third kappa shape index (κ3) is 4.82. The molecule has 0 saturated heterocycles. The molecular weight excluding hydrogens is 248 g/mol. The van der Waals surface area contributed by atoms with Crippen LogP contribution < -0.4 is 10.6 Å². The summed E-state index contributed by atoms with van der Waals surface area (Å²) in [5, 5.41) is 6.15. The molecule has 0 heterocycles. The summed E-state index contributed by atoms with van der Waals surface area (Å²) >= 11 is 0. The lowest BCUT2D eigenvalue weighted by molar-refractivity contribution is -0.115. The normalized spacial score (nSPS) is 14.8. The van der Waals surface area contributed by atoms with E-state index in [1.54, 1.807) is 5.57 Å². The van der Waals surface area contributed by atoms with Crippen molar-refractivity contribution in [2.75, 3.05) is 18.4 Å². The number of carbonyl (C=O) groups is 1. The summed E-state index contributed by atoms with van der Waals surface area (Å²) in [5.41, 5.74) is 3.53. The SMILES string of the molecule is Cc1ccccc1NC(=O)CNCCC1=CCCCC1. The number of amides is 1. The predicted molar refractivity (Wildman–Crippen MR) is 83.8 cm³/mol. The third-order valence-corrected chi connectivity index (χ3v) is 3.71. The Balaban J connectivity index is 1.65. The Hall–Kier alpha value is -1.61. The van der Waals surface area contributed by atoms with E-state index in [4.69, 9.17) is 0 Å². The van der Waals surface area contributed by atoms with E-state index in [0.29, 0.717) is 6.54 Å². The van der Waals surface area contributed by atoms with Gasteiger partial charge in [-0.05, 0) is 57.2 Å². The van der Waals surface area contributed by atoms with Crippen molar-refractivity contribution in [1.82, 2.24) is 5.32 Å². The highest BCUT2D eigenvalue weighted by Crippen LogP contribution is 2.19. The van der Waals surface area contributed by atoms with Gasteiger partial charge in [-0.15, -0.1) is 0 Å². The number of anilines is 1. The van der Waals surface area contributed by atoms with Crippen LogP contribution >= 0.6 is 0 Å². The zero-order valence-corrected chi connectivity index (χ0v) is 12.2. The summed E-state index contributed by atoms with van der Waals surface area (Å²) in [5.74, 6) is 0.0249. The van der Waals surface area contributed by atoms with Gasteiger partial charge in [0, 0.05) is 5.69 Å². The van der Waals surface area contributed by atoms with Crippen LogP contribution in [0.2, 0.25) is 0 Å². The molecular formula is C17H24N2O. The van der Waals surface area contributed by atoms with Gasteiger partial charge in [-0.3, -0.25) is 4.79 Å². The van der Waals surface area contributed by atoms with E-state index in [-0.39, 0.29) is 5.91 Å². The van der Waals surface area contributed by atoms with Crippen molar-refractivity contribution in [3.05, 3.63) is 41.5 Å². The third-order valence-electron chi connectivity index (χ3n) is 3.71. The molecule has 0 spiro atoms. The van der Waals surface area contributed by atoms with Crippen molar-refractivity contribution in [3.8, 4) is 0 Å². The van der Waals surface area contributed by atoms with E-state index < -0.39 is 0 Å². The van der Waals surface area contributed by atoms with E-state index >= 15 is 0 Å². The molecule has 3 nitrogen and oxygen atoms in total. The molecule has 108 valence electrons. The first kappa shape index (κ1) is 14.8. The summed E-state index contributed by atoms with van der Waals surface area (Å²) in [6, 6.07) is 7.84. The van der Waals surface area contributed by atoms with Gasteiger partial charge in [-0.25, -0.2) is 0 Å². The highest BCUT2D eigenvalue weighted by atomic mass is 16.1. The standard InChI is InChI=1S/C17H24N2O/c1-14-7-5-6-10-16(14)19-17(20)13-18-12-11-15-8-3-2-4-9-15/h5-8,10,18H,2-4,9,11-13H2,1H3,(H,19,20). The molecule has 20 heavy (non-hydrogen) atoms. The Bertz CT molecular complexity index is 480. The van der Waals surface area contributed by atoms with Crippen LogP contribution in [0.1, 0.15) is 37.7 Å². The molecule has 1 aromatic carbocycles. The molecule has 0 aromatic heterocycles. The number of rotatable bonds is 6. The molecule has 0 bridgehead atoms. The zero-order chi connectivity index (χ0) is 14.2. The van der Waals surface area contributed by atoms with Gasteiger partial charge in [0.05, 0.1) is 6.54 Å². The molecule has 0 fully saturated rings.